The second-order valence-corrected chi connectivity index (χ2v) is 6.29. The second-order valence-electron chi connectivity index (χ2n) is 3.57. The zero-order valence-corrected chi connectivity index (χ0v) is 11.4. The first-order chi connectivity index (χ1) is 9.16. The Balaban J connectivity index is 2.03. The molecule has 0 aliphatic rings. The van der Waals surface area contributed by atoms with E-state index in [4.69, 9.17) is 0 Å². The van der Waals surface area contributed by atoms with Gasteiger partial charge in [0.1, 0.15) is 5.75 Å². The molecule has 1 atom stereocenters. The van der Waals surface area contributed by atoms with Crippen LogP contribution in [0.4, 0.5) is 8.78 Å². The molecule has 0 spiro atoms. The molecule has 0 fully saturated rings. The molecule has 0 radical (unpaired) electrons. The van der Waals surface area contributed by atoms with Gasteiger partial charge >= 0.3 is 4.34 Å². The van der Waals surface area contributed by atoms with Gasteiger partial charge in [-0.15, -0.1) is 5.10 Å². The number of hydrogen-bond donors (Lipinski definition) is 0. The van der Waals surface area contributed by atoms with Crippen LogP contribution in [0.3, 0.4) is 0 Å². The highest BCUT2D eigenvalue weighted by atomic mass is 32.2. The van der Waals surface area contributed by atoms with E-state index in [-0.39, 0.29) is 12.2 Å². The predicted molar refractivity (Wildman–Crippen MR) is 71.5 cm³/mol. The number of benzene rings is 1. The summed E-state index contributed by atoms with van der Waals surface area (Å²) in [6, 6.07) is 9.41. The van der Waals surface area contributed by atoms with Crippen LogP contribution in [0, 0.1) is 0 Å². The molecule has 0 saturated heterocycles. The predicted octanol–water partition coefficient (Wildman–Crippen LogP) is 3.48. The van der Waals surface area contributed by atoms with Gasteiger partial charge in [-0.25, -0.2) is 0 Å². The lowest BCUT2D eigenvalue weighted by Gasteiger charge is -2.03. The highest BCUT2D eigenvalue weighted by molar-refractivity contribution is 7.93. The number of nitrogens with zero attached hydrogens (tertiary/aromatic N) is 2. The average molecular weight is 300 g/mol. The number of aromatic nitrogens is 2. The largest absolute Gasteiger partial charge is 0.610 e. The Bertz CT molecular complexity index is 556. The standard InChI is InChI=1S/C12H10F2N2OS2/c13-10(14)7-4-8-19(17)12-16-15-11(18-12)9-5-2-1-3-6-9/h1-3,5-7H,4,8H2. The molecule has 19 heavy (non-hydrogen) atoms. The third-order valence-corrected chi connectivity index (χ3v) is 4.88. The van der Waals surface area contributed by atoms with Crippen LogP contribution in [0.15, 0.2) is 46.8 Å². The minimum absolute atomic E-state index is 0.0647. The average Bonchev–Trinajstić information content (AvgIpc) is 2.89. The first kappa shape index (κ1) is 14.1. The van der Waals surface area contributed by atoms with Crippen LogP contribution >= 0.6 is 11.3 Å². The van der Waals surface area contributed by atoms with Crippen LogP contribution in [0.2, 0.25) is 0 Å². The van der Waals surface area contributed by atoms with Crippen LogP contribution in [-0.2, 0) is 11.2 Å². The SMILES string of the molecule is [O-][S+](CCC=C(F)F)c1nnc(-c2ccccc2)s1. The fourth-order valence-corrected chi connectivity index (χ4v) is 3.44. The van der Waals surface area contributed by atoms with E-state index in [1.54, 1.807) is 0 Å². The Morgan fingerprint density at radius 1 is 1.26 bits per heavy atom. The van der Waals surface area contributed by atoms with Crippen molar-refractivity contribution in [1.29, 1.82) is 0 Å². The summed E-state index contributed by atoms with van der Waals surface area (Å²) < 4.78 is 35.9. The molecule has 0 saturated carbocycles. The molecule has 3 nitrogen and oxygen atoms in total. The summed E-state index contributed by atoms with van der Waals surface area (Å²) in [4.78, 5) is 0. The van der Waals surface area contributed by atoms with Crippen molar-refractivity contribution in [3.05, 3.63) is 42.5 Å². The summed E-state index contributed by atoms with van der Waals surface area (Å²) >= 11 is -0.163. The first-order valence-electron chi connectivity index (χ1n) is 5.45. The van der Waals surface area contributed by atoms with E-state index in [0.29, 0.717) is 9.35 Å². The van der Waals surface area contributed by atoms with Gasteiger partial charge in [0.2, 0.25) is 0 Å². The summed E-state index contributed by atoms with van der Waals surface area (Å²) in [6.45, 7) is 0. The van der Waals surface area contributed by atoms with Crippen LogP contribution in [0.5, 0.6) is 0 Å². The minimum Gasteiger partial charge on any atom is -0.610 e. The van der Waals surface area contributed by atoms with Gasteiger partial charge in [0, 0.05) is 23.2 Å². The topological polar surface area (TPSA) is 48.8 Å². The highest BCUT2D eigenvalue weighted by Gasteiger charge is 2.17. The van der Waals surface area contributed by atoms with E-state index in [1.165, 1.54) is 11.3 Å². The highest BCUT2D eigenvalue weighted by Crippen LogP contribution is 2.26. The fourth-order valence-electron chi connectivity index (χ4n) is 1.36. The maximum atomic E-state index is 11.8. The molecule has 0 bridgehead atoms. The Hall–Kier alpha value is -1.31. The lowest BCUT2D eigenvalue weighted by atomic mass is 10.2. The van der Waals surface area contributed by atoms with E-state index in [2.05, 4.69) is 10.2 Å². The van der Waals surface area contributed by atoms with Crippen molar-refractivity contribution < 1.29 is 13.3 Å². The zero-order chi connectivity index (χ0) is 13.7. The molecular formula is C12H10F2N2OS2. The summed E-state index contributed by atoms with van der Waals surface area (Å²) in [5.41, 5.74) is 0.901. The van der Waals surface area contributed by atoms with Crippen molar-refractivity contribution >= 4 is 22.5 Å². The van der Waals surface area contributed by atoms with Crippen molar-refractivity contribution in [2.75, 3.05) is 5.75 Å². The van der Waals surface area contributed by atoms with Crippen LogP contribution in [0.1, 0.15) is 6.42 Å². The minimum atomic E-state index is -1.75. The van der Waals surface area contributed by atoms with Crippen molar-refractivity contribution in [2.45, 2.75) is 10.8 Å². The normalized spacial score (nSPS) is 12.2. The molecule has 0 amide bonds. The second kappa shape index (κ2) is 6.74. The summed E-state index contributed by atoms with van der Waals surface area (Å²) in [6.07, 6.45) is -0.925. The number of rotatable bonds is 5. The van der Waals surface area contributed by atoms with Crippen molar-refractivity contribution in [2.24, 2.45) is 0 Å². The first-order valence-corrected chi connectivity index (χ1v) is 7.59. The van der Waals surface area contributed by atoms with E-state index in [9.17, 15) is 13.3 Å². The quantitative estimate of drug-likeness (QED) is 0.794. The molecule has 100 valence electrons. The molecule has 0 aliphatic carbocycles. The van der Waals surface area contributed by atoms with Gasteiger partial charge in [0.15, 0.2) is 5.01 Å². The number of hydrogen-bond acceptors (Lipinski definition) is 4. The maximum Gasteiger partial charge on any atom is 0.322 e. The van der Waals surface area contributed by atoms with Gasteiger partial charge in [0.25, 0.3) is 6.08 Å². The van der Waals surface area contributed by atoms with Gasteiger partial charge < -0.3 is 4.55 Å². The molecule has 1 heterocycles. The Labute approximate surface area is 116 Å². The van der Waals surface area contributed by atoms with E-state index < -0.39 is 17.3 Å². The molecule has 1 aromatic carbocycles. The van der Waals surface area contributed by atoms with Crippen molar-refractivity contribution in [3.63, 3.8) is 0 Å². The molecule has 2 rings (SSSR count). The van der Waals surface area contributed by atoms with E-state index in [0.717, 1.165) is 11.6 Å². The Morgan fingerprint density at radius 2 is 2.00 bits per heavy atom. The molecule has 0 N–H and O–H groups in total. The van der Waals surface area contributed by atoms with Gasteiger partial charge in [-0.1, -0.05) is 35.4 Å². The number of halogens is 2. The summed E-state index contributed by atoms with van der Waals surface area (Å²) in [5, 5.41) is 8.49. The fraction of sp³-hybridized carbons (Fsp3) is 0.167. The van der Waals surface area contributed by atoms with Gasteiger partial charge in [-0.3, -0.25) is 0 Å². The van der Waals surface area contributed by atoms with Gasteiger partial charge in [-0.05, 0) is 17.4 Å². The van der Waals surface area contributed by atoms with E-state index in [1.807, 2.05) is 30.3 Å². The van der Waals surface area contributed by atoms with E-state index >= 15 is 0 Å². The third-order valence-electron chi connectivity index (χ3n) is 2.22. The lowest BCUT2D eigenvalue weighted by Crippen LogP contribution is -2.05. The maximum absolute atomic E-state index is 11.8. The molecular weight excluding hydrogens is 290 g/mol. The Morgan fingerprint density at radius 3 is 2.68 bits per heavy atom. The number of allylic oxidation sites excluding steroid dienone is 1. The summed E-state index contributed by atoms with van der Waals surface area (Å²) in [5.74, 6) is 0.126. The molecule has 1 aromatic heterocycles. The van der Waals surface area contributed by atoms with Crippen molar-refractivity contribution in [1.82, 2.24) is 10.2 Å². The van der Waals surface area contributed by atoms with Crippen LogP contribution in [0.25, 0.3) is 10.6 Å². The molecule has 7 heteroatoms. The van der Waals surface area contributed by atoms with Gasteiger partial charge in [0.05, 0.1) is 0 Å². The smallest absolute Gasteiger partial charge is 0.322 e. The molecule has 0 aliphatic heterocycles. The third kappa shape index (κ3) is 4.09. The molecule has 1 unspecified atom stereocenters. The van der Waals surface area contributed by atoms with Crippen LogP contribution < -0.4 is 0 Å². The zero-order valence-electron chi connectivity index (χ0n) is 9.75. The van der Waals surface area contributed by atoms with Crippen LogP contribution in [-0.4, -0.2) is 20.5 Å². The summed E-state index contributed by atoms with van der Waals surface area (Å²) in [7, 11) is 0. The Kier molecular flexibility index (Phi) is 5.00. The van der Waals surface area contributed by atoms with Crippen molar-refractivity contribution in [3.8, 4) is 10.6 Å². The lowest BCUT2D eigenvalue weighted by molar-refractivity contribution is 0.418. The monoisotopic (exact) mass is 300 g/mol. The van der Waals surface area contributed by atoms with Gasteiger partial charge in [-0.2, -0.15) is 8.78 Å². The molecule has 2 aromatic rings.